The Morgan fingerprint density at radius 3 is 2.72 bits per heavy atom. The Morgan fingerprint density at radius 2 is 1.92 bits per heavy atom. The first-order chi connectivity index (χ1) is 12.3. The second kappa shape index (κ2) is 5.81. The molecule has 3 aliphatic rings. The van der Waals surface area contributed by atoms with E-state index in [2.05, 4.69) is 15.1 Å². The van der Waals surface area contributed by atoms with Crippen molar-refractivity contribution in [3.8, 4) is 11.4 Å². The van der Waals surface area contributed by atoms with Gasteiger partial charge in [-0.25, -0.2) is 0 Å². The van der Waals surface area contributed by atoms with Crippen molar-refractivity contribution in [3.05, 3.63) is 42.5 Å². The predicted molar refractivity (Wildman–Crippen MR) is 95.3 cm³/mol. The van der Waals surface area contributed by atoms with Gasteiger partial charge in [0.25, 0.3) is 0 Å². The topological polar surface area (TPSA) is 66.5 Å². The highest BCUT2D eigenvalue weighted by Crippen LogP contribution is 2.40. The smallest absolute Gasteiger partial charge is 0.185 e. The van der Waals surface area contributed by atoms with Crippen molar-refractivity contribution in [2.45, 2.75) is 25.3 Å². The van der Waals surface area contributed by atoms with Crippen molar-refractivity contribution < 1.29 is 5.11 Å². The number of aromatic nitrogens is 4. The summed E-state index contributed by atoms with van der Waals surface area (Å²) in [5, 5.41) is 23.2. The Labute approximate surface area is 146 Å². The molecule has 0 amide bonds. The van der Waals surface area contributed by atoms with E-state index in [0.717, 1.165) is 42.2 Å². The van der Waals surface area contributed by atoms with E-state index >= 15 is 0 Å². The van der Waals surface area contributed by atoms with E-state index in [-0.39, 0.29) is 6.61 Å². The predicted octanol–water partition coefficient (Wildman–Crippen LogP) is 2.39. The number of nitrogens with zero attached hydrogens (tertiary/aromatic N) is 5. The minimum atomic E-state index is 0.266. The van der Waals surface area contributed by atoms with Crippen molar-refractivity contribution >= 4 is 11.5 Å². The van der Waals surface area contributed by atoms with Crippen LogP contribution >= 0.6 is 0 Å². The molecule has 2 saturated heterocycles. The highest BCUT2D eigenvalue weighted by atomic mass is 16.3. The lowest BCUT2D eigenvalue weighted by Gasteiger charge is -2.50. The molecule has 3 unspecified atom stereocenters. The molecule has 128 valence electrons. The molecule has 1 aliphatic carbocycles. The van der Waals surface area contributed by atoms with Gasteiger partial charge in [0.1, 0.15) is 5.82 Å². The van der Waals surface area contributed by atoms with Crippen LogP contribution in [0.1, 0.15) is 19.3 Å². The summed E-state index contributed by atoms with van der Waals surface area (Å²) in [6.07, 6.45) is 3.55. The van der Waals surface area contributed by atoms with Gasteiger partial charge in [0, 0.05) is 30.7 Å². The minimum Gasteiger partial charge on any atom is -0.396 e. The van der Waals surface area contributed by atoms with Crippen molar-refractivity contribution in [1.29, 1.82) is 0 Å². The molecule has 3 atom stereocenters. The average Bonchev–Trinajstić information content (AvgIpc) is 3.12. The zero-order chi connectivity index (χ0) is 16.8. The first-order valence-electron chi connectivity index (χ1n) is 8.99. The quantitative estimate of drug-likeness (QED) is 0.796. The third-order valence-corrected chi connectivity index (χ3v) is 5.72. The number of aliphatic hydroxyl groups is 1. The summed E-state index contributed by atoms with van der Waals surface area (Å²) >= 11 is 0. The normalized spacial score (nSPS) is 25.6. The molecule has 1 saturated carbocycles. The van der Waals surface area contributed by atoms with Gasteiger partial charge in [0.2, 0.25) is 0 Å². The van der Waals surface area contributed by atoms with E-state index in [1.165, 1.54) is 6.42 Å². The summed E-state index contributed by atoms with van der Waals surface area (Å²) in [4.78, 5) is 2.38. The second-order valence-electron chi connectivity index (χ2n) is 7.19. The maximum atomic E-state index is 9.74. The lowest BCUT2D eigenvalue weighted by molar-refractivity contribution is 0.106. The lowest BCUT2D eigenvalue weighted by atomic mass is 9.73. The number of anilines is 1. The molecular weight excluding hydrogens is 314 g/mol. The van der Waals surface area contributed by atoms with E-state index in [0.29, 0.717) is 17.9 Å². The van der Waals surface area contributed by atoms with E-state index in [9.17, 15) is 5.11 Å². The number of rotatable bonds is 3. The standard InChI is InChI=1S/C19H21N5O/c25-12-15-10-13-6-7-16(15)23(11-13)18-9-8-17-20-21-19(24(17)22-18)14-4-2-1-3-5-14/h1-5,8-9,13,15-16,25H,6-7,10-12H2. The number of benzene rings is 1. The first kappa shape index (κ1) is 14.8. The van der Waals surface area contributed by atoms with Crippen LogP contribution in [0.25, 0.3) is 17.0 Å². The fourth-order valence-corrected chi connectivity index (χ4v) is 4.49. The molecule has 2 aliphatic heterocycles. The molecule has 6 heteroatoms. The number of piperidine rings is 2. The van der Waals surface area contributed by atoms with Crippen LogP contribution in [0.4, 0.5) is 5.82 Å². The molecule has 0 radical (unpaired) electrons. The highest BCUT2D eigenvalue weighted by molar-refractivity contribution is 5.59. The van der Waals surface area contributed by atoms with Gasteiger partial charge >= 0.3 is 0 Å². The van der Waals surface area contributed by atoms with Gasteiger partial charge in [-0.05, 0) is 37.3 Å². The molecular formula is C19H21N5O. The Morgan fingerprint density at radius 1 is 1.04 bits per heavy atom. The number of hydrogen-bond donors (Lipinski definition) is 1. The number of fused-ring (bicyclic) bond motifs is 4. The van der Waals surface area contributed by atoms with Crippen LogP contribution < -0.4 is 4.90 Å². The van der Waals surface area contributed by atoms with Crippen LogP contribution in [0.2, 0.25) is 0 Å². The van der Waals surface area contributed by atoms with Crippen LogP contribution in [0.5, 0.6) is 0 Å². The van der Waals surface area contributed by atoms with Crippen molar-refractivity contribution in [2.75, 3.05) is 18.1 Å². The van der Waals surface area contributed by atoms with Gasteiger partial charge in [0.05, 0.1) is 0 Å². The average molecular weight is 335 g/mol. The van der Waals surface area contributed by atoms with Crippen LogP contribution in [-0.2, 0) is 0 Å². The van der Waals surface area contributed by atoms with Crippen LogP contribution in [0.3, 0.4) is 0 Å². The van der Waals surface area contributed by atoms with Crippen LogP contribution in [0, 0.1) is 11.8 Å². The van der Waals surface area contributed by atoms with E-state index in [1.807, 2.05) is 47.0 Å². The molecule has 2 bridgehead atoms. The summed E-state index contributed by atoms with van der Waals surface area (Å²) in [5.41, 5.74) is 1.76. The second-order valence-corrected chi connectivity index (χ2v) is 7.19. The maximum absolute atomic E-state index is 9.74. The molecule has 6 rings (SSSR count). The van der Waals surface area contributed by atoms with Gasteiger partial charge in [-0.2, -0.15) is 4.52 Å². The van der Waals surface area contributed by atoms with Gasteiger partial charge < -0.3 is 10.0 Å². The maximum Gasteiger partial charge on any atom is 0.185 e. The van der Waals surface area contributed by atoms with Gasteiger partial charge in [-0.15, -0.1) is 15.3 Å². The zero-order valence-electron chi connectivity index (χ0n) is 14.0. The molecule has 25 heavy (non-hydrogen) atoms. The molecule has 0 spiro atoms. The van der Waals surface area contributed by atoms with Gasteiger partial charge in [-0.3, -0.25) is 0 Å². The highest BCUT2D eigenvalue weighted by Gasteiger charge is 2.41. The largest absolute Gasteiger partial charge is 0.396 e. The summed E-state index contributed by atoms with van der Waals surface area (Å²) in [5.74, 6) is 2.74. The molecule has 3 aromatic rings. The van der Waals surface area contributed by atoms with Gasteiger partial charge in [-0.1, -0.05) is 30.3 Å². The Kier molecular flexibility index (Phi) is 3.45. The fourth-order valence-electron chi connectivity index (χ4n) is 4.49. The summed E-state index contributed by atoms with van der Waals surface area (Å²) < 4.78 is 1.83. The first-order valence-corrected chi connectivity index (χ1v) is 8.99. The Hall–Kier alpha value is -2.47. The number of aliphatic hydroxyl groups excluding tert-OH is 1. The SMILES string of the molecule is OCC1CC2CCC1N(c1ccc3nnc(-c4ccccc4)n3n1)C2. The Balaban J connectivity index is 1.57. The molecule has 2 aromatic heterocycles. The lowest BCUT2D eigenvalue weighted by Crippen LogP contribution is -2.54. The number of hydrogen-bond acceptors (Lipinski definition) is 5. The molecule has 3 fully saturated rings. The third kappa shape index (κ3) is 2.40. The van der Waals surface area contributed by atoms with Crippen molar-refractivity contribution in [3.63, 3.8) is 0 Å². The molecule has 6 nitrogen and oxygen atoms in total. The molecule has 1 N–H and O–H groups in total. The van der Waals surface area contributed by atoms with E-state index < -0.39 is 0 Å². The summed E-state index contributed by atoms with van der Waals surface area (Å²) in [6, 6.07) is 14.4. The van der Waals surface area contributed by atoms with E-state index in [4.69, 9.17) is 5.10 Å². The van der Waals surface area contributed by atoms with Gasteiger partial charge in [0.15, 0.2) is 11.5 Å². The minimum absolute atomic E-state index is 0.266. The monoisotopic (exact) mass is 335 g/mol. The summed E-state index contributed by atoms with van der Waals surface area (Å²) in [6.45, 7) is 1.30. The fraction of sp³-hybridized carbons (Fsp3) is 0.421. The van der Waals surface area contributed by atoms with E-state index in [1.54, 1.807) is 0 Å². The Bertz CT molecular complexity index is 893. The zero-order valence-corrected chi connectivity index (χ0v) is 14.0. The van der Waals surface area contributed by atoms with Crippen molar-refractivity contribution in [2.24, 2.45) is 11.8 Å². The van der Waals surface area contributed by atoms with Crippen LogP contribution in [-0.4, -0.2) is 44.1 Å². The molecule has 1 aromatic carbocycles. The summed E-state index contributed by atoms with van der Waals surface area (Å²) in [7, 11) is 0. The van der Waals surface area contributed by atoms with Crippen molar-refractivity contribution in [1.82, 2.24) is 19.8 Å². The molecule has 4 heterocycles. The van der Waals surface area contributed by atoms with Crippen LogP contribution in [0.15, 0.2) is 42.5 Å². The third-order valence-electron chi connectivity index (χ3n) is 5.72.